The molecule has 1 aromatic heterocycles. The summed E-state index contributed by atoms with van der Waals surface area (Å²) in [5.74, 6) is -0.960. The van der Waals surface area contributed by atoms with E-state index in [-0.39, 0.29) is 0 Å². The number of rotatable bonds is 5. The number of nitriles is 1. The van der Waals surface area contributed by atoms with Gasteiger partial charge in [0, 0.05) is 17.8 Å². The number of nitrogens with zero attached hydrogens (tertiary/aromatic N) is 2. The van der Waals surface area contributed by atoms with Crippen molar-refractivity contribution in [1.82, 2.24) is 4.98 Å². The second-order valence-electron chi connectivity index (χ2n) is 4.57. The first-order valence-electron chi connectivity index (χ1n) is 6.70. The number of aliphatic carboxylic acids is 1. The van der Waals surface area contributed by atoms with Gasteiger partial charge in [-0.3, -0.25) is 4.98 Å². The molecule has 0 aliphatic heterocycles. The summed E-state index contributed by atoms with van der Waals surface area (Å²) in [6.45, 7) is 0. The zero-order valence-electron chi connectivity index (χ0n) is 11.8. The number of carboxylic acids is 1. The molecular weight excluding hydrogens is 276 g/mol. The molecule has 0 unspecified atom stereocenters. The van der Waals surface area contributed by atoms with E-state index in [0.717, 1.165) is 22.9 Å². The van der Waals surface area contributed by atoms with Crippen LogP contribution in [0.1, 0.15) is 11.1 Å². The molecule has 0 radical (unpaired) electrons. The van der Waals surface area contributed by atoms with Crippen LogP contribution < -0.4 is 0 Å². The molecule has 0 atom stereocenters. The van der Waals surface area contributed by atoms with Crippen LogP contribution >= 0.6 is 0 Å². The third-order valence-corrected chi connectivity index (χ3v) is 2.97. The van der Waals surface area contributed by atoms with Crippen molar-refractivity contribution in [2.45, 2.75) is 6.42 Å². The standard InChI is InChI=1S/C18H14N2O2/c19-12-14-6-9-16(10-7-14)17-11-8-15(13-20-17)4-2-1-3-5-18(21)22/h1-3,5-11,13H,4H2,(H,21,22)/b2-1+,5-3+. The van der Waals surface area contributed by atoms with Gasteiger partial charge in [0.2, 0.25) is 0 Å². The average molecular weight is 290 g/mol. The maximum absolute atomic E-state index is 10.3. The second kappa shape index (κ2) is 7.55. The zero-order valence-corrected chi connectivity index (χ0v) is 11.8. The summed E-state index contributed by atoms with van der Waals surface area (Å²) in [6, 6.07) is 13.3. The Bertz CT molecular complexity index is 736. The van der Waals surface area contributed by atoms with Crippen LogP contribution in [0, 0.1) is 11.3 Å². The van der Waals surface area contributed by atoms with E-state index in [2.05, 4.69) is 11.1 Å². The minimum absolute atomic E-state index is 0.625. The van der Waals surface area contributed by atoms with Crippen molar-refractivity contribution in [3.05, 3.63) is 78.0 Å². The summed E-state index contributed by atoms with van der Waals surface area (Å²) in [5, 5.41) is 17.2. The lowest BCUT2D eigenvalue weighted by Gasteiger charge is -2.02. The third-order valence-electron chi connectivity index (χ3n) is 2.97. The fraction of sp³-hybridized carbons (Fsp3) is 0.0556. The number of carboxylic acid groups (broad SMARTS) is 1. The van der Waals surface area contributed by atoms with E-state index in [0.29, 0.717) is 12.0 Å². The maximum atomic E-state index is 10.3. The van der Waals surface area contributed by atoms with Gasteiger partial charge in [-0.1, -0.05) is 36.4 Å². The number of carbonyl (C=O) groups is 1. The molecule has 1 N–H and O–H groups in total. The van der Waals surface area contributed by atoms with Gasteiger partial charge < -0.3 is 5.11 Å². The van der Waals surface area contributed by atoms with Gasteiger partial charge in [-0.25, -0.2) is 4.79 Å². The van der Waals surface area contributed by atoms with Crippen molar-refractivity contribution in [2.75, 3.05) is 0 Å². The Morgan fingerprint density at radius 1 is 1.18 bits per heavy atom. The lowest BCUT2D eigenvalue weighted by atomic mass is 10.1. The van der Waals surface area contributed by atoms with Crippen molar-refractivity contribution >= 4 is 5.97 Å². The maximum Gasteiger partial charge on any atom is 0.328 e. The summed E-state index contributed by atoms with van der Waals surface area (Å²) in [4.78, 5) is 14.7. The van der Waals surface area contributed by atoms with Crippen LogP contribution in [0.2, 0.25) is 0 Å². The van der Waals surface area contributed by atoms with Gasteiger partial charge in [-0.15, -0.1) is 0 Å². The molecule has 0 aliphatic carbocycles. The zero-order chi connectivity index (χ0) is 15.8. The third kappa shape index (κ3) is 4.43. The predicted octanol–water partition coefficient (Wildman–Crippen LogP) is 3.36. The Kier molecular flexibility index (Phi) is 5.22. The largest absolute Gasteiger partial charge is 0.478 e. The summed E-state index contributed by atoms with van der Waals surface area (Å²) >= 11 is 0. The minimum atomic E-state index is -0.960. The van der Waals surface area contributed by atoms with Crippen molar-refractivity contribution < 1.29 is 9.90 Å². The highest BCUT2D eigenvalue weighted by molar-refractivity contribution is 5.80. The fourth-order valence-electron chi connectivity index (χ4n) is 1.85. The van der Waals surface area contributed by atoms with Crippen molar-refractivity contribution in [2.24, 2.45) is 0 Å². The second-order valence-corrected chi connectivity index (χ2v) is 4.57. The SMILES string of the molecule is N#Cc1ccc(-c2ccc(C/C=C/C=C/C(=O)O)cn2)cc1. The molecule has 0 saturated carbocycles. The first-order valence-corrected chi connectivity index (χ1v) is 6.70. The lowest BCUT2D eigenvalue weighted by molar-refractivity contribution is -0.131. The molecule has 4 heteroatoms. The van der Waals surface area contributed by atoms with E-state index in [9.17, 15) is 4.79 Å². The van der Waals surface area contributed by atoms with E-state index in [1.807, 2.05) is 30.3 Å². The lowest BCUT2D eigenvalue weighted by Crippen LogP contribution is -1.87. The number of pyridine rings is 1. The average Bonchev–Trinajstić information content (AvgIpc) is 2.55. The molecule has 4 nitrogen and oxygen atoms in total. The van der Waals surface area contributed by atoms with E-state index in [4.69, 9.17) is 10.4 Å². The molecule has 108 valence electrons. The fourth-order valence-corrected chi connectivity index (χ4v) is 1.85. The van der Waals surface area contributed by atoms with Gasteiger partial charge in [0.05, 0.1) is 17.3 Å². The number of allylic oxidation sites excluding steroid dienone is 3. The molecule has 2 rings (SSSR count). The van der Waals surface area contributed by atoms with Crippen molar-refractivity contribution in [3.63, 3.8) is 0 Å². The Labute approximate surface area is 128 Å². The highest BCUT2D eigenvalue weighted by atomic mass is 16.4. The highest BCUT2D eigenvalue weighted by Crippen LogP contribution is 2.17. The molecule has 0 spiro atoms. The number of hydrogen-bond acceptors (Lipinski definition) is 3. The van der Waals surface area contributed by atoms with Crippen LogP contribution in [-0.2, 0) is 11.2 Å². The molecule has 0 aliphatic rings. The molecule has 1 heterocycles. The van der Waals surface area contributed by atoms with Crippen LogP contribution in [0.25, 0.3) is 11.3 Å². The smallest absolute Gasteiger partial charge is 0.328 e. The van der Waals surface area contributed by atoms with Gasteiger partial charge in [0.1, 0.15) is 0 Å². The molecule has 0 saturated heterocycles. The Balaban J connectivity index is 2.00. The van der Waals surface area contributed by atoms with Crippen LogP contribution in [0.3, 0.4) is 0 Å². The molecular formula is C18H14N2O2. The van der Waals surface area contributed by atoms with E-state index in [1.165, 1.54) is 6.08 Å². The highest BCUT2D eigenvalue weighted by Gasteiger charge is 1.99. The topological polar surface area (TPSA) is 74.0 Å². The Morgan fingerprint density at radius 3 is 2.55 bits per heavy atom. The van der Waals surface area contributed by atoms with Crippen LogP contribution in [0.4, 0.5) is 0 Å². The summed E-state index contributed by atoms with van der Waals surface area (Å²) in [7, 11) is 0. The summed E-state index contributed by atoms with van der Waals surface area (Å²) < 4.78 is 0. The molecule has 2 aromatic rings. The van der Waals surface area contributed by atoms with Gasteiger partial charge in [0.25, 0.3) is 0 Å². The summed E-state index contributed by atoms with van der Waals surface area (Å²) in [5.41, 5.74) is 3.48. The van der Waals surface area contributed by atoms with Crippen molar-refractivity contribution in [3.8, 4) is 17.3 Å². The number of benzene rings is 1. The van der Waals surface area contributed by atoms with Gasteiger partial charge in [0.15, 0.2) is 0 Å². The first kappa shape index (κ1) is 15.2. The Hall–Kier alpha value is -3.19. The van der Waals surface area contributed by atoms with E-state index < -0.39 is 5.97 Å². The van der Waals surface area contributed by atoms with Gasteiger partial charge >= 0.3 is 5.97 Å². The molecule has 0 bridgehead atoms. The monoisotopic (exact) mass is 290 g/mol. The quantitative estimate of drug-likeness (QED) is 0.677. The van der Waals surface area contributed by atoms with Crippen LogP contribution in [0.5, 0.6) is 0 Å². The van der Waals surface area contributed by atoms with Gasteiger partial charge in [-0.2, -0.15) is 5.26 Å². The number of aromatic nitrogens is 1. The first-order chi connectivity index (χ1) is 10.7. The van der Waals surface area contributed by atoms with E-state index in [1.54, 1.807) is 24.4 Å². The van der Waals surface area contributed by atoms with Crippen molar-refractivity contribution in [1.29, 1.82) is 5.26 Å². The van der Waals surface area contributed by atoms with Crippen LogP contribution in [0.15, 0.2) is 66.9 Å². The van der Waals surface area contributed by atoms with Crippen LogP contribution in [-0.4, -0.2) is 16.1 Å². The minimum Gasteiger partial charge on any atom is -0.478 e. The number of hydrogen-bond donors (Lipinski definition) is 1. The predicted molar refractivity (Wildman–Crippen MR) is 84.0 cm³/mol. The molecule has 22 heavy (non-hydrogen) atoms. The Morgan fingerprint density at radius 2 is 1.95 bits per heavy atom. The molecule has 1 aromatic carbocycles. The molecule has 0 fully saturated rings. The normalized spacial score (nSPS) is 10.9. The van der Waals surface area contributed by atoms with Gasteiger partial charge in [-0.05, 0) is 30.2 Å². The summed E-state index contributed by atoms with van der Waals surface area (Å²) in [6.07, 6.45) is 8.62. The van der Waals surface area contributed by atoms with E-state index >= 15 is 0 Å². The molecule has 0 amide bonds.